The van der Waals surface area contributed by atoms with Gasteiger partial charge in [0.1, 0.15) is 11.6 Å². The van der Waals surface area contributed by atoms with Gasteiger partial charge in [0, 0.05) is 37.4 Å². The minimum atomic E-state index is -0.384. The van der Waals surface area contributed by atoms with E-state index in [1.807, 2.05) is 37.3 Å². The second-order valence-electron chi connectivity index (χ2n) is 7.53. The predicted molar refractivity (Wildman–Crippen MR) is 110 cm³/mol. The van der Waals surface area contributed by atoms with Crippen molar-refractivity contribution in [3.63, 3.8) is 0 Å². The van der Waals surface area contributed by atoms with Crippen molar-refractivity contribution >= 4 is 5.82 Å². The summed E-state index contributed by atoms with van der Waals surface area (Å²) >= 11 is 0. The number of nitrogens with zero attached hydrogens (tertiary/aromatic N) is 4. The molecule has 0 aliphatic carbocycles. The van der Waals surface area contributed by atoms with Crippen molar-refractivity contribution in [2.45, 2.75) is 51.7 Å². The summed E-state index contributed by atoms with van der Waals surface area (Å²) in [7, 11) is 2.18. The zero-order valence-electron chi connectivity index (χ0n) is 16.8. The summed E-state index contributed by atoms with van der Waals surface area (Å²) in [5.41, 5.74) is 2.12. The highest BCUT2D eigenvalue weighted by atomic mass is 16.3. The Morgan fingerprint density at radius 3 is 2.56 bits per heavy atom. The van der Waals surface area contributed by atoms with Gasteiger partial charge in [-0.25, -0.2) is 9.97 Å². The monoisotopic (exact) mass is 368 g/mol. The predicted octanol–water partition coefficient (Wildman–Crippen LogP) is 3.37. The van der Waals surface area contributed by atoms with Crippen molar-refractivity contribution in [2.75, 3.05) is 31.6 Å². The molecular formula is C22H32N4O. The molecule has 2 heterocycles. The molecule has 0 spiro atoms. The highest BCUT2D eigenvalue weighted by Crippen LogP contribution is 2.23. The molecule has 1 aromatic carbocycles. The van der Waals surface area contributed by atoms with E-state index in [1.54, 1.807) is 0 Å². The molecular weight excluding hydrogens is 336 g/mol. The van der Waals surface area contributed by atoms with Gasteiger partial charge in [-0.05, 0) is 45.2 Å². The largest absolute Gasteiger partial charge is 0.388 e. The fourth-order valence-corrected chi connectivity index (χ4v) is 3.84. The lowest BCUT2D eigenvalue weighted by Crippen LogP contribution is -2.44. The number of anilines is 1. The van der Waals surface area contributed by atoms with E-state index in [9.17, 15) is 5.11 Å². The number of hydrogen-bond acceptors (Lipinski definition) is 5. The average Bonchev–Trinajstić information content (AvgIpc) is 2.72. The van der Waals surface area contributed by atoms with Crippen LogP contribution in [0, 0.1) is 6.92 Å². The molecule has 0 bridgehead atoms. The van der Waals surface area contributed by atoms with Crippen molar-refractivity contribution < 1.29 is 5.11 Å². The number of aromatic nitrogens is 2. The first-order valence-corrected chi connectivity index (χ1v) is 10.1. The Morgan fingerprint density at radius 1 is 1.19 bits per heavy atom. The molecule has 2 aromatic rings. The highest BCUT2D eigenvalue weighted by molar-refractivity contribution is 5.40. The van der Waals surface area contributed by atoms with Crippen molar-refractivity contribution in [3.05, 3.63) is 53.5 Å². The van der Waals surface area contributed by atoms with Crippen molar-refractivity contribution in [1.29, 1.82) is 0 Å². The summed E-state index contributed by atoms with van der Waals surface area (Å²) in [6.45, 7) is 7.07. The maximum atomic E-state index is 10.4. The van der Waals surface area contributed by atoms with Crippen LogP contribution in [0.4, 0.5) is 5.82 Å². The molecule has 1 aliphatic heterocycles. The first-order chi connectivity index (χ1) is 13.1. The normalized spacial score (nSPS) is 16.7. The van der Waals surface area contributed by atoms with E-state index in [1.165, 1.54) is 0 Å². The second-order valence-corrected chi connectivity index (χ2v) is 7.53. The summed E-state index contributed by atoms with van der Waals surface area (Å²) in [6, 6.07) is 12.6. The fourth-order valence-electron chi connectivity index (χ4n) is 3.84. The van der Waals surface area contributed by atoms with Crippen LogP contribution in [0.2, 0.25) is 0 Å². The van der Waals surface area contributed by atoms with Gasteiger partial charge in [-0.15, -0.1) is 0 Å². The van der Waals surface area contributed by atoms with Gasteiger partial charge in [0.15, 0.2) is 0 Å². The van der Waals surface area contributed by atoms with Crippen molar-refractivity contribution in [3.8, 4) is 0 Å². The van der Waals surface area contributed by atoms with Crippen LogP contribution in [-0.2, 0) is 6.42 Å². The smallest absolute Gasteiger partial charge is 0.132 e. The van der Waals surface area contributed by atoms with Crippen LogP contribution >= 0.6 is 0 Å². The topological polar surface area (TPSA) is 52.5 Å². The van der Waals surface area contributed by atoms with Gasteiger partial charge in [0.25, 0.3) is 0 Å². The Bertz CT molecular complexity index is 714. The van der Waals surface area contributed by atoms with Gasteiger partial charge in [-0.2, -0.15) is 0 Å². The Balaban J connectivity index is 1.49. The Hall–Kier alpha value is -1.98. The van der Waals surface area contributed by atoms with E-state index in [-0.39, 0.29) is 6.10 Å². The van der Waals surface area contributed by atoms with Gasteiger partial charge in [0.05, 0.1) is 6.10 Å². The summed E-state index contributed by atoms with van der Waals surface area (Å²) in [6.07, 6.45) is 3.58. The van der Waals surface area contributed by atoms with E-state index in [0.29, 0.717) is 6.04 Å². The van der Waals surface area contributed by atoms with E-state index < -0.39 is 0 Å². The number of aliphatic hydroxyl groups is 1. The Labute approximate surface area is 163 Å². The molecule has 0 unspecified atom stereocenters. The van der Waals surface area contributed by atoms with Gasteiger partial charge in [0.2, 0.25) is 0 Å². The minimum Gasteiger partial charge on any atom is -0.388 e. The number of aryl methyl sites for hydroxylation is 2. The first kappa shape index (κ1) is 19.8. The SMILES string of the molecule is CCc1cc(N2CCC(N(C)CC[C@H](O)c3ccccc3)CC2)nc(C)n1. The van der Waals surface area contributed by atoms with Gasteiger partial charge < -0.3 is 14.9 Å². The maximum absolute atomic E-state index is 10.4. The molecule has 1 N–H and O–H groups in total. The molecule has 0 radical (unpaired) electrons. The molecule has 1 aromatic heterocycles. The Morgan fingerprint density at radius 2 is 1.89 bits per heavy atom. The molecule has 0 saturated carbocycles. The van der Waals surface area contributed by atoms with Crippen LogP contribution in [-0.4, -0.2) is 52.7 Å². The number of piperidine rings is 1. The quantitative estimate of drug-likeness (QED) is 0.812. The molecule has 27 heavy (non-hydrogen) atoms. The third-order valence-electron chi connectivity index (χ3n) is 5.59. The number of rotatable bonds is 7. The third-order valence-corrected chi connectivity index (χ3v) is 5.59. The third kappa shape index (κ3) is 5.27. The van der Waals surface area contributed by atoms with Crippen molar-refractivity contribution in [2.24, 2.45) is 0 Å². The Kier molecular flexibility index (Phi) is 6.80. The lowest BCUT2D eigenvalue weighted by Gasteiger charge is -2.37. The van der Waals surface area contributed by atoms with Crippen LogP contribution < -0.4 is 4.90 Å². The number of hydrogen-bond donors (Lipinski definition) is 1. The van der Waals surface area contributed by atoms with Gasteiger partial charge in [-0.3, -0.25) is 0 Å². The lowest BCUT2D eigenvalue weighted by atomic mass is 10.0. The average molecular weight is 369 g/mol. The van der Waals surface area contributed by atoms with Crippen LogP contribution in [0.5, 0.6) is 0 Å². The first-order valence-electron chi connectivity index (χ1n) is 10.1. The van der Waals surface area contributed by atoms with Gasteiger partial charge >= 0.3 is 0 Å². The lowest BCUT2D eigenvalue weighted by molar-refractivity contribution is 0.129. The van der Waals surface area contributed by atoms with Crippen LogP contribution in [0.3, 0.4) is 0 Å². The minimum absolute atomic E-state index is 0.384. The van der Waals surface area contributed by atoms with E-state index >= 15 is 0 Å². The zero-order chi connectivity index (χ0) is 19.2. The molecule has 3 rings (SSSR count). The summed E-state index contributed by atoms with van der Waals surface area (Å²) in [5, 5.41) is 10.4. The molecule has 1 atom stereocenters. The van der Waals surface area contributed by atoms with Crippen LogP contribution in [0.15, 0.2) is 36.4 Å². The summed E-state index contributed by atoms with van der Waals surface area (Å²) in [4.78, 5) is 13.9. The van der Waals surface area contributed by atoms with E-state index in [4.69, 9.17) is 0 Å². The molecule has 1 fully saturated rings. The molecule has 146 valence electrons. The summed E-state index contributed by atoms with van der Waals surface area (Å²) in [5.74, 6) is 1.93. The molecule has 5 heteroatoms. The molecule has 0 amide bonds. The standard InChI is InChI=1S/C22H32N4O/c1-4-19-16-22(24-17(2)23-19)26-14-10-20(11-15-26)25(3)13-12-21(27)18-8-6-5-7-9-18/h5-9,16,20-21,27H,4,10-15H2,1-3H3/t21-/m0/s1. The van der Waals surface area contributed by atoms with Crippen LogP contribution in [0.25, 0.3) is 0 Å². The number of aliphatic hydroxyl groups excluding tert-OH is 1. The molecule has 5 nitrogen and oxygen atoms in total. The second kappa shape index (κ2) is 9.29. The fraction of sp³-hybridized carbons (Fsp3) is 0.545. The zero-order valence-corrected chi connectivity index (χ0v) is 16.8. The van der Waals surface area contributed by atoms with E-state index in [2.05, 4.69) is 39.8 Å². The molecule has 1 saturated heterocycles. The highest BCUT2D eigenvalue weighted by Gasteiger charge is 2.24. The van der Waals surface area contributed by atoms with Crippen LogP contribution in [0.1, 0.15) is 49.4 Å². The summed E-state index contributed by atoms with van der Waals surface area (Å²) < 4.78 is 0. The van der Waals surface area contributed by atoms with E-state index in [0.717, 1.165) is 68.2 Å². The van der Waals surface area contributed by atoms with Crippen molar-refractivity contribution in [1.82, 2.24) is 14.9 Å². The maximum Gasteiger partial charge on any atom is 0.132 e. The molecule has 1 aliphatic rings. The van der Waals surface area contributed by atoms with Gasteiger partial charge in [-0.1, -0.05) is 37.3 Å². The number of benzene rings is 1.